The number of hydrogen-bond acceptors (Lipinski definition) is 8. The lowest BCUT2D eigenvalue weighted by molar-refractivity contribution is -0.120. The zero-order valence-corrected chi connectivity index (χ0v) is 18.6. The number of imidazole rings is 2. The SMILES string of the molecule is Cc1[nH]c(=Cc2nccnc2C2C=NNC2=O)c(=C(O)c2ncc[nH]2)c1CCC(=O)n1ccnc1. The Labute approximate surface area is 198 Å². The van der Waals surface area contributed by atoms with Crippen LogP contribution in [0.2, 0.25) is 0 Å². The molecule has 4 aromatic heterocycles. The van der Waals surface area contributed by atoms with Gasteiger partial charge in [0.15, 0.2) is 11.6 Å². The molecule has 1 amide bonds. The van der Waals surface area contributed by atoms with Crippen molar-refractivity contribution in [1.29, 1.82) is 0 Å². The third-order valence-corrected chi connectivity index (χ3v) is 5.70. The van der Waals surface area contributed by atoms with Crippen LogP contribution in [0.3, 0.4) is 0 Å². The molecule has 35 heavy (non-hydrogen) atoms. The summed E-state index contributed by atoms with van der Waals surface area (Å²) in [6, 6.07) is 0. The molecule has 5 heterocycles. The number of aliphatic hydroxyl groups is 1. The number of H-pyrrole nitrogens is 2. The standard InChI is InChI=1S/C23H21N9O3/c1-13-14(2-3-18(33)32-9-8-24-12-32)19(21(34)22-27-6-7-28-22)16(30-13)10-17-20(26-5-4-25-17)15-11-29-31-23(15)35/h4-12,15,30,34H,2-3H2,1H3,(H,27,28)(H,31,35). The number of nitrogens with zero attached hydrogens (tertiary/aromatic N) is 6. The molecule has 0 aromatic carbocycles. The number of amides is 1. The fourth-order valence-corrected chi connectivity index (χ4v) is 4.02. The molecule has 0 fully saturated rings. The molecule has 1 unspecified atom stereocenters. The van der Waals surface area contributed by atoms with Crippen LogP contribution < -0.4 is 16.0 Å². The van der Waals surface area contributed by atoms with E-state index in [-0.39, 0.29) is 29.8 Å². The minimum Gasteiger partial charge on any atom is -0.504 e. The van der Waals surface area contributed by atoms with Gasteiger partial charge in [-0.3, -0.25) is 24.1 Å². The highest BCUT2D eigenvalue weighted by atomic mass is 16.3. The van der Waals surface area contributed by atoms with Gasteiger partial charge in [-0.25, -0.2) is 15.4 Å². The van der Waals surface area contributed by atoms with Gasteiger partial charge in [-0.15, -0.1) is 0 Å². The van der Waals surface area contributed by atoms with Gasteiger partial charge in [-0.05, 0) is 25.0 Å². The maximum Gasteiger partial charge on any atom is 0.254 e. The largest absolute Gasteiger partial charge is 0.504 e. The van der Waals surface area contributed by atoms with Crippen LogP contribution in [-0.2, 0) is 11.2 Å². The molecule has 0 aliphatic carbocycles. The van der Waals surface area contributed by atoms with Gasteiger partial charge in [0.05, 0.1) is 16.7 Å². The van der Waals surface area contributed by atoms with E-state index in [0.29, 0.717) is 28.4 Å². The average molecular weight is 471 g/mol. The van der Waals surface area contributed by atoms with Crippen molar-refractivity contribution >= 4 is 29.9 Å². The molecule has 0 spiro atoms. The first-order valence-electron chi connectivity index (χ1n) is 10.8. The van der Waals surface area contributed by atoms with Crippen LogP contribution >= 0.6 is 0 Å². The van der Waals surface area contributed by atoms with Crippen molar-refractivity contribution in [3.63, 3.8) is 0 Å². The van der Waals surface area contributed by atoms with Crippen LogP contribution in [0.15, 0.2) is 48.6 Å². The molecule has 12 heteroatoms. The van der Waals surface area contributed by atoms with E-state index in [1.165, 1.54) is 35.7 Å². The third kappa shape index (κ3) is 4.24. The van der Waals surface area contributed by atoms with Gasteiger partial charge >= 0.3 is 0 Å². The third-order valence-electron chi connectivity index (χ3n) is 5.70. The lowest BCUT2D eigenvalue weighted by atomic mass is 10.0. The van der Waals surface area contributed by atoms with Gasteiger partial charge in [0.2, 0.25) is 5.91 Å². The number of rotatable bonds is 6. The molecule has 4 aromatic rings. The van der Waals surface area contributed by atoms with Crippen molar-refractivity contribution in [3.05, 3.63) is 82.5 Å². The second-order valence-electron chi connectivity index (χ2n) is 7.87. The number of aromatic nitrogens is 7. The average Bonchev–Trinajstić information content (AvgIpc) is 3.66. The van der Waals surface area contributed by atoms with Crippen LogP contribution in [0.25, 0.3) is 11.8 Å². The maximum atomic E-state index is 12.6. The topological polar surface area (TPSA) is 167 Å². The Kier molecular flexibility index (Phi) is 5.75. The molecule has 12 nitrogen and oxygen atoms in total. The van der Waals surface area contributed by atoms with E-state index in [2.05, 4.69) is 40.4 Å². The molecule has 5 rings (SSSR count). The molecular weight excluding hydrogens is 450 g/mol. The summed E-state index contributed by atoms with van der Waals surface area (Å²) >= 11 is 0. The van der Waals surface area contributed by atoms with E-state index in [4.69, 9.17) is 0 Å². The molecule has 1 aliphatic rings. The number of aromatic amines is 2. The Hall–Kier alpha value is -4.87. The summed E-state index contributed by atoms with van der Waals surface area (Å²) in [5.74, 6) is -0.903. The van der Waals surface area contributed by atoms with E-state index >= 15 is 0 Å². The zero-order chi connectivity index (χ0) is 24.4. The van der Waals surface area contributed by atoms with Gasteiger partial charge in [0.25, 0.3) is 5.91 Å². The Morgan fingerprint density at radius 3 is 2.77 bits per heavy atom. The number of hydrazone groups is 1. The number of nitrogens with one attached hydrogen (secondary N) is 3. The highest BCUT2D eigenvalue weighted by Gasteiger charge is 2.27. The summed E-state index contributed by atoms with van der Waals surface area (Å²) in [6.45, 7) is 1.86. The van der Waals surface area contributed by atoms with Gasteiger partial charge in [0, 0.05) is 60.7 Å². The summed E-state index contributed by atoms with van der Waals surface area (Å²) in [7, 11) is 0. The first-order valence-corrected chi connectivity index (χ1v) is 10.8. The minimum atomic E-state index is -0.676. The highest BCUT2D eigenvalue weighted by Crippen LogP contribution is 2.18. The summed E-state index contributed by atoms with van der Waals surface area (Å²) < 4.78 is 1.42. The molecule has 1 aliphatic heterocycles. The van der Waals surface area contributed by atoms with E-state index in [1.807, 2.05) is 6.92 Å². The quantitative estimate of drug-likeness (QED) is 0.308. The van der Waals surface area contributed by atoms with Crippen molar-refractivity contribution in [2.24, 2.45) is 5.10 Å². The Bertz CT molecular complexity index is 1530. The van der Waals surface area contributed by atoms with Gasteiger partial charge in [0.1, 0.15) is 12.2 Å². The fourth-order valence-electron chi connectivity index (χ4n) is 4.02. The van der Waals surface area contributed by atoms with Crippen LogP contribution in [-0.4, -0.2) is 57.6 Å². The number of aliphatic hydroxyl groups excluding tert-OH is 1. The van der Waals surface area contributed by atoms with Crippen LogP contribution in [0, 0.1) is 6.92 Å². The van der Waals surface area contributed by atoms with Crippen LogP contribution in [0.1, 0.15) is 45.6 Å². The lowest BCUT2D eigenvalue weighted by Crippen LogP contribution is -2.30. The lowest BCUT2D eigenvalue weighted by Gasteiger charge is -2.06. The minimum absolute atomic E-state index is 0.0821. The van der Waals surface area contributed by atoms with Crippen LogP contribution in [0.4, 0.5) is 0 Å². The molecule has 0 saturated heterocycles. The first-order chi connectivity index (χ1) is 17.0. The smallest absolute Gasteiger partial charge is 0.254 e. The van der Waals surface area contributed by atoms with Crippen molar-refractivity contribution in [3.8, 4) is 0 Å². The van der Waals surface area contributed by atoms with E-state index in [1.54, 1.807) is 24.7 Å². The Morgan fingerprint density at radius 2 is 2.06 bits per heavy atom. The maximum absolute atomic E-state index is 12.6. The van der Waals surface area contributed by atoms with Gasteiger partial charge in [-0.1, -0.05) is 0 Å². The van der Waals surface area contributed by atoms with E-state index in [9.17, 15) is 14.7 Å². The van der Waals surface area contributed by atoms with Crippen molar-refractivity contribution < 1.29 is 14.7 Å². The normalized spacial score (nSPS) is 16.5. The van der Waals surface area contributed by atoms with Crippen molar-refractivity contribution in [2.45, 2.75) is 25.7 Å². The van der Waals surface area contributed by atoms with E-state index in [0.717, 1.165) is 11.3 Å². The first kappa shape index (κ1) is 21.9. The summed E-state index contributed by atoms with van der Waals surface area (Å²) in [5, 5.41) is 16.0. The number of carbonyl (C=O) groups is 2. The van der Waals surface area contributed by atoms with Crippen molar-refractivity contribution in [1.82, 2.24) is 39.9 Å². The van der Waals surface area contributed by atoms with Crippen molar-refractivity contribution in [2.75, 3.05) is 0 Å². The van der Waals surface area contributed by atoms with E-state index < -0.39 is 5.92 Å². The molecule has 0 radical (unpaired) electrons. The fraction of sp³-hybridized carbons (Fsp3) is 0.174. The summed E-state index contributed by atoms with van der Waals surface area (Å²) in [4.78, 5) is 47.8. The predicted octanol–water partition coefficient (Wildman–Crippen LogP) is 0.0482. The summed E-state index contributed by atoms with van der Waals surface area (Å²) in [5.41, 5.74) is 4.80. The monoisotopic (exact) mass is 471 g/mol. The Morgan fingerprint density at radius 1 is 1.20 bits per heavy atom. The molecular formula is C23H21N9O3. The highest BCUT2D eigenvalue weighted by molar-refractivity contribution is 6.02. The zero-order valence-electron chi connectivity index (χ0n) is 18.6. The summed E-state index contributed by atoms with van der Waals surface area (Å²) in [6.07, 6.45) is 14.5. The second-order valence-corrected chi connectivity index (χ2v) is 7.87. The molecule has 0 saturated carbocycles. The second kappa shape index (κ2) is 9.17. The van der Waals surface area contributed by atoms with Gasteiger partial charge in [-0.2, -0.15) is 5.10 Å². The predicted molar refractivity (Wildman–Crippen MR) is 125 cm³/mol. The van der Waals surface area contributed by atoms with Gasteiger partial charge < -0.3 is 15.1 Å². The number of aryl methyl sites for hydroxylation is 1. The molecule has 4 N–H and O–H groups in total. The van der Waals surface area contributed by atoms with Crippen LogP contribution in [0.5, 0.6) is 0 Å². The number of hydrogen-bond donors (Lipinski definition) is 4. The molecule has 1 atom stereocenters. The Balaban J connectivity index is 1.64. The molecule has 0 bridgehead atoms. The molecule has 176 valence electrons. The number of carbonyl (C=O) groups excluding carboxylic acids is 2.